The summed E-state index contributed by atoms with van der Waals surface area (Å²) >= 11 is 6.03. The van der Waals surface area contributed by atoms with E-state index < -0.39 is 0 Å². The first-order valence-electron chi connectivity index (χ1n) is 4.63. The van der Waals surface area contributed by atoms with Crippen molar-refractivity contribution in [2.45, 2.75) is 38.6 Å². The molecule has 1 heterocycles. The van der Waals surface area contributed by atoms with Crippen molar-refractivity contribution in [3.05, 3.63) is 18.0 Å². The van der Waals surface area contributed by atoms with E-state index in [9.17, 15) is 0 Å². The maximum Gasteiger partial charge on any atom is 0.223 e. The fraction of sp³-hybridized carbons (Fsp3) is 0.600. The predicted octanol–water partition coefficient (Wildman–Crippen LogP) is 2.60. The lowest BCUT2D eigenvalue weighted by Gasteiger charge is -2.28. The number of aryl methyl sites for hydroxylation is 1. The van der Waals surface area contributed by atoms with Crippen LogP contribution in [0.25, 0.3) is 0 Å². The molecule has 1 aromatic rings. The first-order valence-corrected chi connectivity index (χ1v) is 5.06. The van der Waals surface area contributed by atoms with Gasteiger partial charge in [0.15, 0.2) is 0 Å². The number of hydrogen-bond donors (Lipinski definition) is 1. The van der Waals surface area contributed by atoms with Crippen LogP contribution in [0.15, 0.2) is 12.4 Å². The number of nitrogens with zero attached hydrogens (tertiary/aromatic N) is 2. The van der Waals surface area contributed by atoms with Gasteiger partial charge in [0.05, 0.1) is 10.9 Å². The Labute approximate surface area is 89.9 Å². The van der Waals surface area contributed by atoms with Crippen LogP contribution in [-0.4, -0.2) is 20.9 Å². The molecule has 0 spiro atoms. The topological polar surface area (TPSA) is 37.8 Å². The van der Waals surface area contributed by atoms with Crippen molar-refractivity contribution < 1.29 is 0 Å². The Morgan fingerprint density at radius 1 is 1.36 bits per heavy atom. The molecule has 0 aliphatic rings. The van der Waals surface area contributed by atoms with Gasteiger partial charge < -0.3 is 5.32 Å². The second-order valence-electron chi connectivity index (χ2n) is 4.05. The van der Waals surface area contributed by atoms with E-state index >= 15 is 0 Å². The molecule has 1 aromatic heterocycles. The lowest BCUT2D eigenvalue weighted by molar-refractivity contribution is 0.549. The van der Waals surface area contributed by atoms with E-state index in [2.05, 4.69) is 15.3 Å². The van der Waals surface area contributed by atoms with Crippen LogP contribution < -0.4 is 5.32 Å². The third-order valence-corrected chi connectivity index (χ3v) is 2.75. The highest BCUT2D eigenvalue weighted by Crippen LogP contribution is 2.19. The summed E-state index contributed by atoms with van der Waals surface area (Å²) in [4.78, 5) is 8.33. The highest BCUT2D eigenvalue weighted by Gasteiger charge is 2.24. The van der Waals surface area contributed by atoms with Crippen LogP contribution >= 0.6 is 11.6 Å². The van der Waals surface area contributed by atoms with E-state index in [0.29, 0.717) is 5.95 Å². The van der Waals surface area contributed by atoms with Crippen molar-refractivity contribution in [1.82, 2.24) is 9.97 Å². The van der Waals surface area contributed by atoms with E-state index in [1.165, 1.54) is 0 Å². The van der Waals surface area contributed by atoms with E-state index in [-0.39, 0.29) is 10.9 Å². The number of anilines is 1. The normalized spacial score (nSPS) is 13.8. The first-order chi connectivity index (χ1) is 6.42. The fourth-order valence-electron chi connectivity index (χ4n) is 0.845. The molecule has 0 fully saturated rings. The third kappa shape index (κ3) is 2.84. The minimum Gasteiger partial charge on any atom is -0.348 e. The molecule has 0 aliphatic carbocycles. The summed E-state index contributed by atoms with van der Waals surface area (Å²) < 4.78 is 0. The second-order valence-corrected chi connectivity index (χ2v) is 4.70. The number of halogens is 1. The Morgan fingerprint density at radius 2 is 1.86 bits per heavy atom. The molecule has 14 heavy (non-hydrogen) atoms. The molecule has 1 rings (SSSR count). The summed E-state index contributed by atoms with van der Waals surface area (Å²) in [5, 5.41) is 3.20. The molecule has 3 nitrogen and oxygen atoms in total. The third-order valence-electron chi connectivity index (χ3n) is 2.21. The smallest absolute Gasteiger partial charge is 0.223 e. The summed E-state index contributed by atoms with van der Waals surface area (Å²) in [7, 11) is 0. The van der Waals surface area contributed by atoms with E-state index in [1.807, 2.05) is 27.7 Å². The van der Waals surface area contributed by atoms with Crippen molar-refractivity contribution in [2.75, 3.05) is 5.32 Å². The Balaban J connectivity index is 2.74. The maximum absolute atomic E-state index is 6.03. The largest absolute Gasteiger partial charge is 0.348 e. The number of aromatic nitrogens is 2. The van der Waals surface area contributed by atoms with Gasteiger partial charge in [-0.1, -0.05) is 0 Å². The van der Waals surface area contributed by atoms with Crippen LogP contribution in [0.4, 0.5) is 5.95 Å². The van der Waals surface area contributed by atoms with Gasteiger partial charge in [0.25, 0.3) is 0 Å². The van der Waals surface area contributed by atoms with Gasteiger partial charge in [-0.25, -0.2) is 9.97 Å². The molecule has 4 heteroatoms. The molecule has 1 unspecified atom stereocenters. The standard InChI is InChI=1S/C10H16ClN3/c1-7-5-12-9(13-6-7)14-10(3,4)8(2)11/h5-6,8H,1-4H3,(H,12,13,14). The number of nitrogens with one attached hydrogen (secondary N) is 1. The highest BCUT2D eigenvalue weighted by molar-refractivity contribution is 6.21. The van der Waals surface area contributed by atoms with Crippen LogP contribution in [-0.2, 0) is 0 Å². The lowest BCUT2D eigenvalue weighted by Crippen LogP contribution is -2.39. The van der Waals surface area contributed by atoms with Crippen LogP contribution in [0.5, 0.6) is 0 Å². The van der Waals surface area contributed by atoms with E-state index in [1.54, 1.807) is 12.4 Å². The minimum absolute atomic E-state index is 0.00685. The van der Waals surface area contributed by atoms with Gasteiger partial charge in [-0.15, -0.1) is 11.6 Å². The molecule has 78 valence electrons. The molecule has 0 aromatic carbocycles. The summed E-state index contributed by atoms with van der Waals surface area (Å²) in [6.07, 6.45) is 3.56. The van der Waals surface area contributed by atoms with Gasteiger partial charge in [-0.05, 0) is 33.3 Å². The summed E-state index contributed by atoms with van der Waals surface area (Å²) in [6, 6.07) is 0. The molecule has 0 saturated heterocycles. The van der Waals surface area contributed by atoms with Crippen LogP contribution in [0.1, 0.15) is 26.3 Å². The van der Waals surface area contributed by atoms with Crippen molar-refractivity contribution in [2.24, 2.45) is 0 Å². The zero-order valence-corrected chi connectivity index (χ0v) is 9.76. The van der Waals surface area contributed by atoms with E-state index in [4.69, 9.17) is 11.6 Å². The Morgan fingerprint density at radius 3 is 2.29 bits per heavy atom. The molecular formula is C10H16ClN3. The summed E-state index contributed by atoms with van der Waals surface area (Å²) in [5.74, 6) is 0.619. The van der Waals surface area contributed by atoms with Crippen molar-refractivity contribution in [3.8, 4) is 0 Å². The zero-order chi connectivity index (χ0) is 10.8. The Kier molecular flexibility index (Phi) is 3.32. The van der Waals surface area contributed by atoms with Crippen LogP contribution in [0.3, 0.4) is 0 Å². The van der Waals surface area contributed by atoms with Gasteiger partial charge in [-0.3, -0.25) is 0 Å². The molecule has 0 amide bonds. The summed E-state index contributed by atoms with van der Waals surface area (Å²) in [6.45, 7) is 7.95. The average molecular weight is 214 g/mol. The summed E-state index contributed by atoms with van der Waals surface area (Å²) in [5.41, 5.74) is 0.837. The van der Waals surface area contributed by atoms with Gasteiger partial charge in [0, 0.05) is 12.4 Å². The minimum atomic E-state index is -0.211. The molecule has 1 atom stereocenters. The quantitative estimate of drug-likeness (QED) is 0.785. The molecule has 0 radical (unpaired) electrons. The van der Waals surface area contributed by atoms with E-state index in [0.717, 1.165) is 5.56 Å². The van der Waals surface area contributed by atoms with Gasteiger partial charge in [0.2, 0.25) is 5.95 Å². The molecule has 1 N–H and O–H groups in total. The maximum atomic E-state index is 6.03. The van der Waals surface area contributed by atoms with Crippen LogP contribution in [0, 0.1) is 6.92 Å². The zero-order valence-electron chi connectivity index (χ0n) is 9.00. The van der Waals surface area contributed by atoms with Crippen molar-refractivity contribution >= 4 is 17.5 Å². The first kappa shape index (κ1) is 11.2. The monoisotopic (exact) mass is 213 g/mol. The van der Waals surface area contributed by atoms with Gasteiger partial charge >= 0.3 is 0 Å². The second kappa shape index (κ2) is 4.13. The number of hydrogen-bond acceptors (Lipinski definition) is 3. The van der Waals surface area contributed by atoms with Gasteiger partial charge in [-0.2, -0.15) is 0 Å². The number of rotatable bonds is 3. The molecular weight excluding hydrogens is 198 g/mol. The predicted molar refractivity (Wildman–Crippen MR) is 59.8 cm³/mol. The Hall–Kier alpha value is -0.830. The molecule has 0 saturated carbocycles. The lowest BCUT2D eigenvalue weighted by atomic mass is 10.0. The Bertz CT molecular complexity index is 293. The average Bonchev–Trinajstić information content (AvgIpc) is 2.08. The van der Waals surface area contributed by atoms with Crippen LogP contribution in [0.2, 0.25) is 0 Å². The van der Waals surface area contributed by atoms with Crippen molar-refractivity contribution in [1.29, 1.82) is 0 Å². The molecule has 0 aliphatic heterocycles. The number of alkyl halides is 1. The fourth-order valence-corrected chi connectivity index (χ4v) is 0.899. The van der Waals surface area contributed by atoms with Crippen molar-refractivity contribution in [3.63, 3.8) is 0 Å². The SMILES string of the molecule is Cc1cnc(NC(C)(C)C(C)Cl)nc1. The highest BCUT2D eigenvalue weighted by atomic mass is 35.5. The van der Waals surface area contributed by atoms with Gasteiger partial charge in [0.1, 0.15) is 0 Å². The molecule has 0 bridgehead atoms.